The van der Waals surface area contributed by atoms with Crippen molar-refractivity contribution in [3.05, 3.63) is 82.9 Å². The highest BCUT2D eigenvalue weighted by molar-refractivity contribution is 7.13. The number of thiophene rings is 1. The van der Waals surface area contributed by atoms with Gasteiger partial charge in [-0.2, -0.15) is 0 Å². The molecule has 2 aromatic carbocycles. The van der Waals surface area contributed by atoms with Crippen molar-refractivity contribution in [2.75, 3.05) is 0 Å². The molecule has 2 nitrogen and oxygen atoms in total. The number of hydrogen-bond donors (Lipinski definition) is 2. The van der Waals surface area contributed by atoms with Crippen molar-refractivity contribution in [1.82, 2.24) is 10.3 Å². The fourth-order valence-electron chi connectivity index (χ4n) is 4.37. The van der Waals surface area contributed by atoms with Gasteiger partial charge in [0.2, 0.25) is 0 Å². The maximum atomic E-state index is 3.87. The first-order valence-electron chi connectivity index (χ1n) is 9.79. The van der Waals surface area contributed by atoms with Crippen LogP contribution in [0.25, 0.3) is 21.3 Å². The molecule has 3 heteroatoms. The Morgan fingerprint density at radius 2 is 1.96 bits per heavy atom. The quantitative estimate of drug-likeness (QED) is 0.414. The predicted molar refractivity (Wildman–Crippen MR) is 115 cm³/mol. The Labute approximate surface area is 164 Å². The van der Waals surface area contributed by atoms with Gasteiger partial charge in [0.25, 0.3) is 0 Å². The molecule has 0 saturated carbocycles. The summed E-state index contributed by atoms with van der Waals surface area (Å²) in [5, 5.41) is 7.41. The summed E-state index contributed by atoms with van der Waals surface area (Å²) in [5.74, 6) is 0. The average Bonchev–Trinajstić information content (AvgIpc) is 3.37. The van der Waals surface area contributed by atoms with Gasteiger partial charge in [0.05, 0.1) is 0 Å². The fourth-order valence-corrected chi connectivity index (χ4v) is 5.09. The van der Waals surface area contributed by atoms with Gasteiger partial charge in [0, 0.05) is 33.6 Å². The summed E-state index contributed by atoms with van der Waals surface area (Å²) in [5.41, 5.74) is 6.84. The molecule has 1 aliphatic carbocycles. The third-order valence-corrected chi connectivity index (χ3v) is 6.68. The molecule has 0 amide bonds. The highest BCUT2D eigenvalue weighted by Gasteiger charge is 2.25. The monoisotopic (exact) mass is 372 g/mol. The van der Waals surface area contributed by atoms with Gasteiger partial charge in [-0.15, -0.1) is 11.3 Å². The molecule has 0 radical (unpaired) electrons. The minimum absolute atomic E-state index is 0.343. The van der Waals surface area contributed by atoms with Gasteiger partial charge in [0.15, 0.2) is 0 Å². The third kappa shape index (κ3) is 3.11. The van der Waals surface area contributed by atoms with Crippen molar-refractivity contribution >= 4 is 22.2 Å². The summed E-state index contributed by atoms with van der Waals surface area (Å²) < 4.78 is 0. The van der Waals surface area contributed by atoms with Gasteiger partial charge < -0.3 is 10.3 Å². The van der Waals surface area contributed by atoms with Crippen LogP contribution in [-0.2, 0) is 6.42 Å². The van der Waals surface area contributed by atoms with Crippen LogP contribution in [-0.4, -0.2) is 4.98 Å². The summed E-state index contributed by atoms with van der Waals surface area (Å²) in [4.78, 5) is 5.08. The summed E-state index contributed by atoms with van der Waals surface area (Å²) >= 11 is 1.81. The third-order valence-electron chi connectivity index (χ3n) is 5.76. The van der Waals surface area contributed by atoms with E-state index in [1.165, 1.54) is 57.4 Å². The largest absolute Gasteiger partial charge is 0.357 e. The molecule has 2 heterocycles. The first-order valence-corrected chi connectivity index (χ1v) is 10.7. The Kier molecular flexibility index (Phi) is 4.35. The van der Waals surface area contributed by atoms with E-state index in [1.807, 2.05) is 11.3 Å². The molecule has 1 unspecified atom stereocenters. The molecule has 2 N–H and O–H groups in total. The van der Waals surface area contributed by atoms with Crippen LogP contribution < -0.4 is 5.32 Å². The molecule has 0 bridgehead atoms. The normalized spacial score (nSPS) is 17.7. The fraction of sp³-hybridized carbons (Fsp3) is 0.250. The highest BCUT2D eigenvalue weighted by atomic mass is 32.1. The molecular formula is C24H24N2S. The SMILES string of the molecule is C[C@@H](NC1CCCc2c1[nH]c1ccc(-c3cccs3)cc21)c1ccccc1. The van der Waals surface area contributed by atoms with E-state index < -0.39 is 0 Å². The van der Waals surface area contributed by atoms with Crippen molar-refractivity contribution in [1.29, 1.82) is 0 Å². The van der Waals surface area contributed by atoms with Crippen LogP contribution in [0.3, 0.4) is 0 Å². The molecular weight excluding hydrogens is 348 g/mol. The standard InChI is InChI=1S/C24H24N2S/c1-16(17-7-3-2-4-8-17)25-22-10-5-9-19-20-15-18(23-11-6-14-27-23)12-13-21(20)26-24(19)22/h2-4,6-8,11-16,22,25-26H,5,9-10H2,1H3/t16-,22?/m1/s1. The van der Waals surface area contributed by atoms with Crippen molar-refractivity contribution < 1.29 is 0 Å². The molecule has 27 heavy (non-hydrogen) atoms. The molecule has 2 aromatic heterocycles. The zero-order valence-electron chi connectivity index (χ0n) is 15.5. The van der Waals surface area contributed by atoms with Crippen molar-refractivity contribution in [3.8, 4) is 10.4 Å². The maximum absolute atomic E-state index is 3.87. The van der Waals surface area contributed by atoms with Crippen LogP contribution in [0.4, 0.5) is 0 Å². The van der Waals surface area contributed by atoms with Crippen LogP contribution in [0.5, 0.6) is 0 Å². The van der Waals surface area contributed by atoms with Gasteiger partial charge in [0.1, 0.15) is 0 Å². The lowest BCUT2D eigenvalue weighted by molar-refractivity contribution is 0.410. The molecule has 0 aliphatic heterocycles. The number of fused-ring (bicyclic) bond motifs is 3. The number of rotatable bonds is 4. The number of aromatic amines is 1. The molecule has 2 atom stereocenters. The Bertz CT molecular complexity index is 1050. The van der Waals surface area contributed by atoms with E-state index in [2.05, 4.69) is 83.3 Å². The van der Waals surface area contributed by atoms with Crippen LogP contribution in [0.2, 0.25) is 0 Å². The molecule has 5 rings (SSSR count). The molecule has 0 spiro atoms. The van der Waals surface area contributed by atoms with Crippen LogP contribution in [0.15, 0.2) is 66.0 Å². The van der Waals surface area contributed by atoms with E-state index in [0.29, 0.717) is 12.1 Å². The Morgan fingerprint density at radius 3 is 2.78 bits per heavy atom. The van der Waals surface area contributed by atoms with Gasteiger partial charge in [-0.25, -0.2) is 0 Å². The number of nitrogens with one attached hydrogen (secondary N) is 2. The van der Waals surface area contributed by atoms with E-state index >= 15 is 0 Å². The number of hydrogen-bond acceptors (Lipinski definition) is 2. The van der Waals surface area contributed by atoms with Gasteiger partial charge >= 0.3 is 0 Å². The first kappa shape index (κ1) is 16.8. The van der Waals surface area contributed by atoms with E-state index in [4.69, 9.17) is 0 Å². The second-order valence-electron chi connectivity index (χ2n) is 7.50. The van der Waals surface area contributed by atoms with E-state index in [0.717, 1.165) is 0 Å². The summed E-state index contributed by atoms with van der Waals surface area (Å²) in [6.07, 6.45) is 3.60. The number of H-pyrrole nitrogens is 1. The van der Waals surface area contributed by atoms with Gasteiger partial charge in [-0.1, -0.05) is 42.5 Å². The van der Waals surface area contributed by atoms with E-state index in [-0.39, 0.29) is 0 Å². The Morgan fingerprint density at radius 1 is 1.07 bits per heavy atom. The first-order chi connectivity index (χ1) is 13.3. The Balaban J connectivity index is 1.49. The van der Waals surface area contributed by atoms with Gasteiger partial charge in [-0.05, 0) is 66.5 Å². The van der Waals surface area contributed by atoms with Crippen molar-refractivity contribution in [2.45, 2.75) is 38.3 Å². The van der Waals surface area contributed by atoms with Crippen LogP contribution in [0.1, 0.15) is 48.7 Å². The lowest BCUT2D eigenvalue weighted by Gasteiger charge is -2.27. The van der Waals surface area contributed by atoms with Crippen molar-refractivity contribution in [3.63, 3.8) is 0 Å². The molecule has 4 aromatic rings. The van der Waals surface area contributed by atoms with E-state index in [9.17, 15) is 0 Å². The van der Waals surface area contributed by atoms with Gasteiger partial charge in [-0.3, -0.25) is 0 Å². The summed E-state index contributed by atoms with van der Waals surface area (Å²) in [6.45, 7) is 2.27. The summed E-state index contributed by atoms with van der Waals surface area (Å²) in [6, 6.07) is 22.7. The predicted octanol–water partition coefficient (Wildman–Crippen LogP) is 6.62. The summed E-state index contributed by atoms with van der Waals surface area (Å²) in [7, 11) is 0. The number of benzene rings is 2. The second-order valence-corrected chi connectivity index (χ2v) is 8.45. The van der Waals surface area contributed by atoms with Crippen LogP contribution >= 0.6 is 11.3 Å². The second kappa shape index (κ2) is 6.99. The number of aromatic nitrogens is 1. The zero-order valence-corrected chi connectivity index (χ0v) is 16.4. The van der Waals surface area contributed by atoms with E-state index in [1.54, 1.807) is 0 Å². The topological polar surface area (TPSA) is 27.8 Å². The zero-order chi connectivity index (χ0) is 18.2. The molecule has 136 valence electrons. The average molecular weight is 373 g/mol. The highest BCUT2D eigenvalue weighted by Crippen LogP contribution is 2.38. The lowest BCUT2D eigenvalue weighted by Crippen LogP contribution is -2.27. The number of aryl methyl sites for hydroxylation is 1. The molecule has 0 fully saturated rings. The minimum atomic E-state index is 0.343. The molecule has 1 aliphatic rings. The van der Waals surface area contributed by atoms with Crippen molar-refractivity contribution in [2.24, 2.45) is 0 Å². The van der Waals surface area contributed by atoms with Crippen LogP contribution in [0, 0.1) is 0 Å². The Hall–Kier alpha value is -2.36. The lowest BCUT2D eigenvalue weighted by atomic mass is 9.90. The maximum Gasteiger partial charge on any atom is 0.0480 e. The minimum Gasteiger partial charge on any atom is -0.357 e. The smallest absolute Gasteiger partial charge is 0.0480 e. The molecule has 0 saturated heterocycles.